The Morgan fingerprint density at radius 1 is 0.400 bits per heavy atom. The minimum atomic E-state index is 1.02. The average molecular weight is 513 g/mol. The molecule has 2 aromatic heterocycles. The molecule has 0 spiro atoms. The zero-order chi connectivity index (χ0) is 27.1. The Balaban J connectivity index is 1.45. The number of benzene rings is 5. The molecule has 40 heavy (non-hydrogen) atoms. The molecule has 0 unspecified atom stereocenters. The summed E-state index contributed by atoms with van der Waals surface area (Å²) in [5.74, 6) is 0. The minimum Gasteiger partial charge on any atom is -0.262 e. The lowest BCUT2D eigenvalue weighted by Crippen LogP contribution is -1.92. The van der Waals surface area contributed by atoms with Crippen LogP contribution in [0.5, 0.6) is 0 Å². The van der Waals surface area contributed by atoms with Gasteiger partial charge in [-0.05, 0) is 98.6 Å². The van der Waals surface area contributed by atoms with Crippen LogP contribution in [0.4, 0.5) is 0 Å². The van der Waals surface area contributed by atoms with Gasteiger partial charge in [-0.15, -0.1) is 0 Å². The van der Waals surface area contributed by atoms with Crippen molar-refractivity contribution in [3.63, 3.8) is 0 Å². The van der Waals surface area contributed by atoms with Crippen molar-refractivity contribution < 1.29 is 0 Å². The number of hydrogen-bond acceptors (Lipinski definition) is 2. The Morgan fingerprint density at radius 3 is 1.62 bits per heavy atom. The van der Waals surface area contributed by atoms with Gasteiger partial charge in [0.25, 0.3) is 0 Å². The molecule has 0 atom stereocenters. The number of aryl methyl sites for hydroxylation is 2. The van der Waals surface area contributed by atoms with E-state index in [9.17, 15) is 0 Å². The first-order valence-electron chi connectivity index (χ1n) is 13.7. The lowest BCUT2D eigenvalue weighted by atomic mass is 9.85. The molecule has 0 N–H and O–H groups in total. The molecule has 0 amide bonds. The monoisotopic (exact) mass is 512 g/mol. The highest BCUT2D eigenvalue weighted by molar-refractivity contribution is 6.21. The maximum absolute atomic E-state index is 4.69. The number of fused-ring (bicyclic) bond motifs is 2. The lowest BCUT2D eigenvalue weighted by Gasteiger charge is -2.18. The van der Waals surface area contributed by atoms with E-state index in [4.69, 9.17) is 4.98 Å². The van der Waals surface area contributed by atoms with Gasteiger partial charge in [-0.25, -0.2) is 0 Å². The molecule has 7 aromatic rings. The van der Waals surface area contributed by atoms with E-state index in [0.717, 1.165) is 17.0 Å². The Kier molecular flexibility index (Phi) is 5.94. The third-order valence-corrected chi connectivity index (χ3v) is 7.77. The zero-order valence-corrected chi connectivity index (χ0v) is 22.6. The first-order chi connectivity index (χ1) is 19.7. The summed E-state index contributed by atoms with van der Waals surface area (Å²) in [6.07, 6.45) is 3.75. The summed E-state index contributed by atoms with van der Waals surface area (Å²) in [7, 11) is 0. The van der Waals surface area contributed by atoms with E-state index >= 15 is 0 Å². The van der Waals surface area contributed by atoms with Crippen LogP contribution in [0.3, 0.4) is 0 Å². The first-order valence-corrected chi connectivity index (χ1v) is 13.7. The number of pyridine rings is 2. The Labute approximate surface area is 234 Å². The molecule has 2 heteroatoms. The molecule has 0 fully saturated rings. The molecule has 0 saturated heterocycles. The van der Waals surface area contributed by atoms with Gasteiger partial charge in [0, 0.05) is 23.7 Å². The Bertz CT molecular complexity index is 1960. The summed E-state index contributed by atoms with van der Waals surface area (Å²) < 4.78 is 0. The normalized spacial score (nSPS) is 11.2. The van der Waals surface area contributed by atoms with E-state index in [-0.39, 0.29) is 0 Å². The molecular formula is C38H28N2. The minimum absolute atomic E-state index is 1.02. The van der Waals surface area contributed by atoms with Crippen LogP contribution in [0, 0.1) is 13.8 Å². The second-order valence-corrected chi connectivity index (χ2v) is 10.4. The van der Waals surface area contributed by atoms with Crippen LogP contribution in [0.2, 0.25) is 0 Å². The quantitative estimate of drug-likeness (QED) is 0.219. The number of hydrogen-bond donors (Lipinski definition) is 0. The van der Waals surface area contributed by atoms with Gasteiger partial charge in [0.1, 0.15) is 0 Å². The SMILES string of the molecule is Cc1cc(-c2ccc(-c3c4ccccc4c(-c4cccc(-c5ncccc5C)c4)c4ccccc34)cc2)ccn1. The van der Waals surface area contributed by atoms with E-state index in [1.54, 1.807) is 0 Å². The summed E-state index contributed by atoms with van der Waals surface area (Å²) in [4.78, 5) is 9.05. The highest BCUT2D eigenvalue weighted by atomic mass is 14.7. The molecule has 0 saturated carbocycles. The number of nitrogens with zero attached hydrogens (tertiary/aromatic N) is 2. The molecule has 0 radical (unpaired) electrons. The predicted octanol–water partition coefficient (Wildman–Crippen LogP) is 10.1. The molecule has 2 heterocycles. The molecule has 0 aliphatic heterocycles. The fourth-order valence-electron chi connectivity index (χ4n) is 5.91. The van der Waals surface area contributed by atoms with Gasteiger partial charge in [-0.2, -0.15) is 0 Å². The van der Waals surface area contributed by atoms with Crippen molar-refractivity contribution in [1.29, 1.82) is 0 Å². The molecule has 7 rings (SSSR count). The summed E-state index contributed by atoms with van der Waals surface area (Å²) in [6, 6.07) is 43.7. The topological polar surface area (TPSA) is 25.8 Å². The Hall–Kier alpha value is -5.08. The summed E-state index contributed by atoms with van der Waals surface area (Å²) in [6.45, 7) is 4.15. The van der Waals surface area contributed by atoms with Crippen LogP contribution in [0.25, 0.3) is 66.2 Å². The van der Waals surface area contributed by atoms with Crippen LogP contribution < -0.4 is 0 Å². The highest BCUT2D eigenvalue weighted by Gasteiger charge is 2.17. The molecule has 190 valence electrons. The van der Waals surface area contributed by atoms with Crippen LogP contribution >= 0.6 is 0 Å². The van der Waals surface area contributed by atoms with Gasteiger partial charge in [-0.1, -0.05) is 97.1 Å². The standard InChI is InChI=1S/C38H28N2/c1-25-9-8-21-40-38(25)31-11-7-10-30(24-31)37-34-14-5-3-12-32(34)36(33-13-4-6-15-35(33)37)28-18-16-27(17-19-28)29-20-22-39-26(2)23-29/h3-24H,1-2H3. The Morgan fingerprint density at radius 2 is 1.00 bits per heavy atom. The molecule has 5 aromatic carbocycles. The van der Waals surface area contributed by atoms with Gasteiger partial charge in [-0.3, -0.25) is 9.97 Å². The van der Waals surface area contributed by atoms with E-state index in [2.05, 4.69) is 127 Å². The van der Waals surface area contributed by atoms with Crippen molar-refractivity contribution in [3.8, 4) is 44.6 Å². The van der Waals surface area contributed by atoms with Crippen molar-refractivity contribution in [3.05, 3.63) is 145 Å². The predicted molar refractivity (Wildman–Crippen MR) is 168 cm³/mol. The van der Waals surface area contributed by atoms with E-state index in [0.29, 0.717) is 0 Å². The van der Waals surface area contributed by atoms with E-state index in [1.165, 1.54) is 60.5 Å². The van der Waals surface area contributed by atoms with Gasteiger partial charge in [0.05, 0.1) is 5.69 Å². The van der Waals surface area contributed by atoms with Crippen molar-refractivity contribution in [2.75, 3.05) is 0 Å². The van der Waals surface area contributed by atoms with Crippen LogP contribution in [-0.2, 0) is 0 Å². The molecule has 0 aliphatic rings. The second kappa shape index (κ2) is 9.91. The van der Waals surface area contributed by atoms with Crippen LogP contribution in [-0.4, -0.2) is 9.97 Å². The summed E-state index contributed by atoms with van der Waals surface area (Å²) >= 11 is 0. The van der Waals surface area contributed by atoms with Crippen molar-refractivity contribution in [1.82, 2.24) is 9.97 Å². The van der Waals surface area contributed by atoms with Crippen molar-refractivity contribution in [2.45, 2.75) is 13.8 Å². The maximum atomic E-state index is 4.69. The first kappa shape index (κ1) is 24.0. The van der Waals surface area contributed by atoms with Gasteiger partial charge >= 0.3 is 0 Å². The fourth-order valence-corrected chi connectivity index (χ4v) is 5.91. The third kappa shape index (κ3) is 4.15. The smallest absolute Gasteiger partial charge is 0.0731 e. The summed E-state index contributed by atoms with van der Waals surface area (Å²) in [5.41, 5.74) is 11.7. The van der Waals surface area contributed by atoms with Crippen molar-refractivity contribution >= 4 is 21.5 Å². The lowest BCUT2D eigenvalue weighted by molar-refractivity contribution is 1.20. The van der Waals surface area contributed by atoms with E-state index < -0.39 is 0 Å². The number of rotatable bonds is 4. The zero-order valence-electron chi connectivity index (χ0n) is 22.6. The molecule has 0 bridgehead atoms. The van der Waals surface area contributed by atoms with Gasteiger partial charge < -0.3 is 0 Å². The molecule has 0 aliphatic carbocycles. The van der Waals surface area contributed by atoms with Crippen LogP contribution in [0.15, 0.2) is 134 Å². The van der Waals surface area contributed by atoms with Gasteiger partial charge in [0.15, 0.2) is 0 Å². The maximum Gasteiger partial charge on any atom is 0.0731 e. The van der Waals surface area contributed by atoms with Gasteiger partial charge in [0.2, 0.25) is 0 Å². The summed E-state index contributed by atoms with van der Waals surface area (Å²) in [5, 5.41) is 5.01. The second-order valence-electron chi connectivity index (χ2n) is 10.4. The largest absolute Gasteiger partial charge is 0.262 e. The highest BCUT2D eigenvalue weighted by Crippen LogP contribution is 2.44. The van der Waals surface area contributed by atoms with Crippen molar-refractivity contribution in [2.24, 2.45) is 0 Å². The average Bonchev–Trinajstić information content (AvgIpc) is 3.00. The molecular weight excluding hydrogens is 484 g/mol. The fraction of sp³-hybridized carbons (Fsp3) is 0.0526. The van der Waals surface area contributed by atoms with Crippen LogP contribution in [0.1, 0.15) is 11.3 Å². The third-order valence-electron chi connectivity index (χ3n) is 7.77. The van der Waals surface area contributed by atoms with E-state index in [1.807, 2.05) is 25.4 Å². The number of aromatic nitrogens is 2. The molecule has 2 nitrogen and oxygen atoms in total.